The van der Waals surface area contributed by atoms with Crippen molar-refractivity contribution in [2.45, 2.75) is 13.8 Å². The Morgan fingerprint density at radius 3 is 2.72 bits per heavy atom. The molecule has 0 bridgehead atoms. The smallest absolute Gasteiger partial charge is 0.326 e. The van der Waals surface area contributed by atoms with Crippen molar-refractivity contribution in [2.24, 2.45) is 0 Å². The third-order valence-corrected chi connectivity index (χ3v) is 4.96. The second kappa shape index (κ2) is 8.31. The number of furan rings is 1. The predicted molar refractivity (Wildman–Crippen MR) is 105 cm³/mol. The molecule has 1 aromatic heterocycles. The lowest BCUT2D eigenvalue weighted by Crippen LogP contribution is -2.34. The first kappa shape index (κ1) is 20.3. The molecule has 3 rings (SSSR count). The molecule has 9 nitrogen and oxygen atoms in total. The molecule has 29 heavy (non-hydrogen) atoms. The first-order valence-corrected chi connectivity index (χ1v) is 9.38. The van der Waals surface area contributed by atoms with E-state index >= 15 is 0 Å². The molecule has 1 aliphatic rings. The van der Waals surface area contributed by atoms with Gasteiger partial charge in [0.1, 0.15) is 18.1 Å². The van der Waals surface area contributed by atoms with Crippen LogP contribution in [0, 0.1) is 17.0 Å². The van der Waals surface area contributed by atoms with E-state index in [1.807, 2.05) is 0 Å². The molecular weight excluding hydrogens is 400 g/mol. The third-order valence-electron chi connectivity index (χ3n) is 4.05. The Balaban J connectivity index is 1.80. The molecule has 0 aliphatic carbocycles. The number of aryl methyl sites for hydroxylation is 1. The molecule has 150 valence electrons. The second-order valence-electron chi connectivity index (χ2n) is 6.03. The van der Waals surface area contributed by atoms with E-state index in [-0.39, 0.29) is 17.2 Å². The van der Waals surface area contributed by atoms with E-state index in [1.165, 1.54) is 18.2 Å². The van der Waals surface area contributed by atoms with Crippen LogP contribution in [-0.4, -0.2) is 40.1 Å². The number of imide groups is 1. The zero-order chi connectivity index (χ0) is 21.1. The van der Waals surface area contributed by atoms with E-state index in [9.17, 15) is 24.5 Å². The van der Waals surface area contributed by atoms with Crippen LogP contribution in [0.5, 0.6) is 0 Å². The number of nitro benzene ring substituents is 1. The fourth-order valence-corrected chi connectivity index (χ4v) is 3.53. The van der Waals surface area contributed by atoms with Gasteiger partial charge in [-0.3, -0.25) is 29.4 Å². The number of hydrogen-bond donors (Lipinski definition) is 0. The minimum Gasteiger partial charge on any atom is -0.465 e. The van der Waals surface area contributed by atoms with E-state index < -0.39 is 28.6 Å². The zero-order valence-corrected chi connectivity index (χ0v) is 16.4. The summed E-state index contributed by atoms with van der Waals surface area (Å²) < 4.78 is 10.5. The second-order valence-corrected chi connectivity index (χ2v) is 7.02. The van der Waals surface area contributed by atoms with Gasteiger partial charge in [0, 0.05) is 23.8 Å². The highest BCUT2D eigenvalue weighted by molar-refractivity contribution is 8.18. The Hall–Kier alpha value is -3.40. The van der Waals surface area contributed by atoms with Crippen molar-refractivity contribution in [3.8, 4) is 11.3 Å². The van der Waals surface area contributed by atoms with Crippen molar-refractivity contribution < 1.29 is 28.5 Å². The minimum atomic E-state index is -0.662. The van der Waals surface area contributed by atoms with Crippen LogP contribution in [-0.2, 0) is 14.3 Å². The number of ether oxygens (including phenoxy) is 1. The molecule has 1 fully saturated rings. The van der Waals surface area contributed by atoms with E-state index in [4.69, 9.17) is 9.15 Å². The highest BCUT2D eigenvalue weighted by Gasteiger charge is 2.36. The molecule has 0 spiro atoms. The summed E-state index contributed by atoms with van der Waals surface area (Å²) in [5.74, 6) is -0.462. The highest BCUT2D eigenvalue weighted by Crippen LogP contribution is 2.34. The average molecular weight is 416 g/mol. The summed E-state index contributed by atoms with van der Waals surface area (Å²) in [5.41, 5.74) is 1.31. The van der Waals surface area contributed by atoms with Crippen LogP contribution in [0.4, 0.5) is 10.5 Å². The van der Waals surface area contributed by atoms with E-state index in [2.05, 4.69) is 0 Å². The zero-order valence-electron chi connectivity index (χ0n) is 15.5. The Morgan fingerprint density at radius 2 is 2.07 bits per heavy atom. The lowest BCUT2D eigenvalue weighted by Gasteiger charge is -2.10. The molecule has 0 radical (unpaired) electrons. The maximum atomic E-state index is 12.4. The van der Waals surface area contributed by atoms with Crippen molar-refractivity contribution in [1.29, 1.82) is 0 Å². The summed E-state index contributed by atoms with van der Waals surface area (Å²) in [6.07, 6.45) is 1.42. The average Bonchev–Trinajstić information content (AvgIpc) is 3.22. The van der Waals surface area contributed by atoms with Crippen LogP contribution < -0.4 is 0 Å². The minimum absolute atomic E-state index is 0.0201. The summed E-state index contributed by atoms with van der Waals surface area (Å²) in [6.45, 7) is 3.07. The van der Waals surface area contributed by atoms with Gasteiger partial charge in [-0.05, 0) is 49.4 Å². The topological polar surface area (TPSA) is 120 Å². The number of carbonyl (C=O) groups excluding carboxylic acids is 3. The molecule has 1 saturated heterocycles. The van der Waals surface area contributed by atoms with Crippen LogP contribution in [0.2, 0.25) is 0 Å². The fraction of sp³-hybridized carbons (Fsp3) is 0.211. The SMILES string of the molecule is CCOC(=O)CN1C(=O)S/C(=C/c2ccc(-c3ccc([N+](=O)[O-])cc3C)o2)C1=O. The van der Waals surface area contributed by atoms with Gasteiger partial charge in [0.05, 0.1) is 16.4 Å². The number of thioether (sulfide) groups is 1. The summed E-state index contributed by atoms with van der Waals surface area (Å²) in [6, 6.07) is 7.70. The maximum absolute atomic E-state index is 12.4. The Bertz CT molecular complexity index is 1040. The maximum Gasteiger partial charge on any atom is 0.326 e. The number of carbonyl (C=O) groups is 3. The van der Waals surface area contributed by atoms with Gasteiger partial charge < -0.3 is 9.15 Å². The van der Waals surface area contributed by atoms with Crippen molar-refractivity contribution in [1.82, 2.24) is 4.90 Å². The molecule has 0 saturated carbocycles. The van der Waals surface area contributed by atoms with Gasteiger partial charge in [-0.1, -0.05) is 0 Å². The van der Waals surface area contributed by atoms with Crippen LogP contribution >= 0.6 is 11.8 Å². The van der Waals surface area contributed by atoms with Gasteiger partial charge in [0.25, 0.3) is 16.8 Å². The number of esters is 1. The molecule has 2 heterocycles. The number of benzene rings is 1. The van der Waals surface area contributed by atoms with Crippen molar-refractivity contribution >= 4 is 40.6 Å². The predicted octanol–water partition coefficient (Wildman–Crippen LogP) is 3.76. The standard InChI is InChI=1S/C19H16N2O7S/c1-3-27-17(22)10-20-18(23)16(29-19(20)24)9-13-5-7-15(28-13)14-6-4-12(21(25)26)8-11(14)2/h4-9H,3,10H2,1-2H3/b16-9+. The molecule has 2 aromatic rings. The van der Waals surface area contributed by atoms with E-state index in [0.717, 1.165) is 4.90 Å². The van der Waals surface area contributed by atoms with Crippen LogP contribution in [0.3, 0.4) is 0 Å². The normalized spacial score (nSPS) is 15.2. The lowest BCUT2D eigenvalue weighted by molar-refractivity contribution is -0.384. The third kappa shape index (κ3) is 4.37. The largest absolute Gasteiger partial charge is 0.465 e. The van der Waals surface area contributed by atoms with Crippen LogP contribution in [0.25, 0.3) is 17.4 Å². The number of non-ortho nitro benzene ring substituents is 1. The first-order valence-electron chi connectivity index (χ1n) is 8.56. The molecule has 1 aromatic carbocycles. The van der Waals surface area contributed by atoms with Gasteiger partial charge >= 0.3 is 5.97 Å². The van der Waals surface area contributed by atoms with Crippen LogP contribution in [0.1, 0.15) is 18.2 Å². The molecule has 10 heteroatoms. The summed E-state index contributed by atoms with van der Waals surface area (Å²) in [4.78, 5) is 47.3. The molecular formula is C19H16N2O7S. The number of rotatable bonds is 6. The Morgan fingerprint density at radius 1 is 1.31 bits per heavy atom. The van der Waals surface area contributed by atoms with Crippen molar-refractivity contribution in [3.05, 3.63) is 56.7 Å². The van der Waals surface area contributed by atoms with Crippen molar-refractivity contribution in [2.75, 3.05) is 13.2 Å². The first-order chi connectivity index (χ1) is 13.8. The molecule has 0 N–H and O–H groups in total. The quantitative estimate of drug-likeness (QED) is 0.302. The number of amides is 2. The number of nitro groups is 1. The summed E-state index contributed by atoms with van der Waals surface area (Å²) >= 11 is 0.706. The van der Waals surface area contributed by atoms with Crippen molar-refractivity contribution in [3.63, 3.8) is 0 Å². The van der Waals surface area contributed by atoms with Gasteiger partial charge in [-0.2, -0.15) is 0 Å². The highest BCUT2D eigenvalue weighted by atomic mass is 32.2. The summed E-state index contributed by atoms with van der Waals surface area (Å²) in [5, 5.41) is 10.3. The van der Waals surface area contributed by atoms with Crippen LogP contribution in [0.15, 0.2) is 39.7 Å². The molecule has 1 aliphatic heterocycles. The van der Waals surface area contributed by atoms with Gasteiger partial charge in [-0.15, -0.1) is 0 Å². The number of nitrogens with zero attached hydrogens (tertiary/aromatic N) is 2. The molecule has 0 unspecified atom stereocenters. The summed E-state index contributed by atoms with van der Waals surface area (Å²) in [7, 11) is 0. The van der Waals surface area contributed by atoms with Gasteiger partial charge in [0.2, 0.25) is 0 Å². The Kier molecular flexibility index (Phi) is 5.83. The molecule has 0 atom stereocenters. The fourth-order valence-electron chi connectivity index (χ4n) is 2.71. The van der Waals surface area contributed by atoms with E-state index in [1.54, 1.807) is 32.0 Å². The Labute approximate surface area is 169 Å². The van der Waals surface area contributed by atoms with Gasteiger partial charge in [-0.25, -0.2) is 0 Å². The van der Waals surface area contributed by atoms with Gasteiger partial charge in [0.15, 0.2) is 0 Å². The van der Waals surface area contributed by atoms with E-state index in [0.29, 0.717) is 34.4 Å². The monoisotopic (exact) mass is 416 g/mol. The molecule has 2 amide bonds. The lowest BCUT2D eigenvalue weighted by atomic mass is 10.1. The number of hydrogen-bond acceptors (Lipinski definition) is 8.